The van der Waals surface area contributed by atoms with Crippen molar-refractivity contribution >= 4 is 31.8 Å². The monoisotopic (exact) mass is 1520 g/mol. The molecule has 0 bridgehead atoms. The summed E-state index contributed by atoms with van der Waals surface area (Å²) in [6.45, 7) is 1.85. The molecule has 0 fully saturated rings. The molecule has 0 radical (unpaired) electrons. The van der Waals surface area contributed by atoms with Crippen molar-refractivity contribution in [2.24, 2.45) is 0 Å². The largest absolute Gasteiger partial charge is 1.00 e. The molecule has 0 amide bonds. The van der Waals surface area contributed by atoms with Crippen molar-refractivity contribution in [3.63, 3.8) is 0 Å². The maximum atomic E-state index is 13.2. The summed E-state index contributed by atoms with van der Waals surface area (Å²) < 4.78 is 152. The van der Waals surface area contributed by atoms with Gasteiger partial charge in [0.2, 0.25) is 0 Å². The van der Waals surface area contributed by atoms with Gasteiger partial charge in [0.25, 0.3) is 0 Å². The Morgan fingerprint density at radius 2 is 0.689 bits per heavy atom. The van der Waals surface area contributed by atoms with E-state index in [4.69, 9.17) is 61.7 Å². The van der Waals surface area contributed by atoms with E-state index in [-0.39, 0.29) is 154 Å². The van der Waals surface area contributed by atoms with Crippen LogP contribution in [0, 0.1) is 54.9 Å². The van der Waals surface area contributed by atoms with E-state index in [9.17, 15) is 53.1 Å². The predicted octanol–water partition coefficient (Wildman–Crippen LogP) is 11.3. The first-order valence-corrected chi connectivity index (χ1v) is 33.0. The van der Waals surface area contributed by atoms with Crippen molar-refractivity contribution in [1.82, 2.24) is 0 Å². The van der Waals surface area contributed by atoms with Crippen LogP contribution in [0.15, 0.2) is 277 Å². The summed E-state index contributed by atoms with van der Waals surface area (Å²) in [4.78, 5) is 23.6. The van der Waals surface area contributed by atoms with E-state index in [1.54, 1.807) is 128 Å². The van der Waals surface area contributed by atoms with Crippen molar-refractivity contribution in [3.8, 4) is 111 Å². The van der Waals surface area contributed by atoms with Crippen LogP contribution in [-0.2, 0) is 20.2 Å². The number of rotatable bonds is 17. The van der Waals surface area contributed by atoms with E-state index >= 15 is 0 Å². The summed E-state index contributed by atoms with van der Waals surface area (Å²) >= 11 is 0. The second kappa shape index (κ2) is 40.4. The third-order valence-corrected chi connectivity index (χ3v) is 15.7. The second-order valence-electron chi connectivity index (χ2n) is 21.4. The average molecular weight is 1520 g/mol. The van der Waals surface area contributed by atoms with Crippen molar-refractivity contribution in [2.75, 3.05) is 7.11 Å². The van der Waals surface area contributed by atoms with Crippen LogP contribution in [0.5, 0.6) is 86.2 Å². The number of carbonyl (C=O) groups excluding carboxylic acids is 2. The Morgan fingerprint density at radius 1 is 0.358 bits per heavy atom. The van der Waals surface area contributed by atoms with Gasteiger partial charge in [0.15, 0.2) is 11.6 Å². The van der Waals surface area contributed by atoms with Crippen LogP contribution in [-0.4, -0.2) is 65.0 Å². The van der Waals surface area contributed by atoms with E-state index in [1.807, 2.05) is 37.3 Å². The molecule has 4 N–H and O–H groups in total. The van der Waals surface area contributed by atoms with Crippen molar-refractivity contribution < 1.29 is 205 Å². The van der Waals surface area contributed by atoms with Crippen LogP contribution >= 0.6 is 0 Å². The number of aryl methyl sites for hydroxylation is 1. The van der Waals surface area contributed by atoms with E-state index in [2.05, 4.69) is 11.8 Å². The third-order valence-electron chi connectivity index (χ3n) is 13.9. The quantitative estimate of drug-likeness (QED) is 0.0165. The summed E-state index contributed by atoms with van der Waals surface area (Å²) in [6.07, 6.45) is 10.4. The molecule has 12 aromatic carbocycles. The molecular formula is C80H56F4K2O18S2. The number of ketones is 2. The molecule has 26 heteroatoms. The fourth-order valence-electron chi connectivity index (χ4n) is 8.77. The molecule has 0 aliphatic rings. The van der Waals surface area contributed by atoms with Gasteiger partial charge in [-0.3, -0.25) is 9.59 Å². The van der Waals surface area contributed by atoms with Gasteiger partial charge >= 0.3 is 103 Å². The van der Waals surface area contributed by atoms with Gasteiger partial charge in [-0.05, 0) is 255 Å². The Bertz CT molecular complexity index is 5190. The topological polar surface area (TPSA) is 285 Å². The smallest absolute Gasteiger partial charge is 0.744 e. The number of phenols is 4. The Kier molecular flexibility index (Phi) is 32.4. The molecular weight excluding hydrogens is 1470 g/mol. The molecule has 106 heavy (non-hydrogen) atoms. The summed E-state index contributed by atoms with van der Waals surface area (Å²) in [7, 11) is -8.07. The first kappa shape index (κ1) is 84.8. The van der Waals surface area contributed by atoms with E-state index < -0.39 is 59.0 Å². The molecule has 18 nitrogen and oxygen atoms in total. The summed E-state index contributed by atoms with van der Waals surface area (Å²) in [5.74, 6) is 6.24. The number of methoxy groups -OCH3 is 1. The number of benzene rings is 12. The fraction of sp³-hybridized carbons (Fsp3) is 0.0250. The van der Waals surface area contributed by atoms with Gasteiger partial charge in [-0.2, -0.15) is 0 Å². The number of aromatic hydroxyl groups is 4. The molecule has 0 aromatic heterocycles. The second-order valence-corrected chi connectivity index (χ2v) is 24.1. The van der Waals surface area contributed by atoms with E-state index in [0.717, 1.165) is 41.6 Å². The minimum absolute atomic E-state index is 0. The number of terminal acetylenes is 2. The molecule has 526 valence electrons. The first-order valence-electron chi connectivity index (χ1n) is 30.2. The number of hydrogen-bond acceptors (Lipinski definition) is 18. The van der Waals surface area contributed by atoms with Gasteiger partial charge in [0, 0.05) is 40.5 Å². The number of carbonyl (C=O) groups is 2. The standard InChI is InChI=1S/C41H30O9S.C13H8F2O.C12H10O3.C8H4F2.C6H6O5S.2K/c1-4-28-6-5-27(2)25-39(28)50-37-23-24-38(40(26-37)51(43,44)45)49-36-13-9-30(10-14-36)41(42)29-7-11-32(12-8-29)47-34-19-21-35(22-20-34)48-33-17-15-31(46-3)16-18-33;14-11-5-1-9(2-6-11)13(16)10-3-7-12(15)8-4-10;13-9-1-5-11(6-2-9)15-12-7-3-10(14)4-8-12;1-2-6-3-4-7(9)5-8(6)10;7-4-1-2-5(8)6(3-4)12(9,10)11;;/h1,5-26H,2-3H3,(H,43,44,45);1-8H;1-8,13-14H;1,3-5H;1-3,7-8H,(H,9,10,11);;/q;;;;;2*+1/p-2. The first-order chi connectivity index (χ1) is 49.6. The van der Waals surface area contributed by atoms with Gasteiger partial charge in [0.1, 0.15) is 135 Å². The molecule has 0 aliphatic heterocycles. The van der Waals surface area contributed by atoms with Crippen LogP contribution in [0.1, 0.15) is 48.5 Å². The van der Waals surface area contributed by atoms with Gasteiger partial charge < -0.3 is 58.0 Å². The fourth-order valence-corrected chi connectivity index (χ4v) is 9.97. The van der Waals surface area contributed by atoms with Crippen molar-refractivity contribution in [1.29, 1.82) is 0 Å². The zero-order valence-corrected chi connectivity index (χ0v) is 64.3. The normalized spacial score (nSPS) is 10.3. The predicted molar refractivity (Wildman–Crippen MR) is 374 cm³/mol. The molecule has 0 unspecified atom stereocenters. The van der Waals surface area contributed by atoms with E-state index in [1.165, 1.54) is 78.9 Å². The molecule has 0 spiro atoms. The van der Waals surface area contributed by atoms with Crippen LogP contribution in [0.25, 0.3) is 0 Å². The summed E-state index contributed by atoms with van der Waals surface area (Å²) in [5.41, 5.74) is 2.99. The maximum Gasteiger partial charge on any atom is 1.00 e. The van der Waals surface area contributed by atoms with Gasteiger partial charge in [-0.1, -0.05) is 17.9 Å². The Hall–Kier alpha value is -10.1. The van der Waals surface area contributed by atoms with E-state index in [0.29, 0.717) is 74.1 Å². The molecule has 0 atom stereocenters. The molecule has 12 aromatic rings. The van der Waals surface area contributed by atoms with Gasteiger partial charge in [0.05, 0.1) is 23.1 Å². The Morgan fingerprint density at radius 3 is 1.07 bits per heavy atom. The molecule has 0 aliphatic carbocycles. The summed E-state index contributed by atoms with van der Waals surface area (Å²) in [6, 6.07) is 65.4. The minimum atomic E-state index is -4.96. The SMILES string of the molecule is C#Cc1ccc(C)cc1Oc1ccc(Oc2ccc(C(=O)c3ccc(Oc4ccc(Oc5ccc(OC)cc5)cc4)cc3)cc2)c(S(=O)(=O)[O-])c1.C#Cc1ccc(F)cc1F.O=C(c1ccc(F)cc1)c1ccc(F)cc1.O=S(=O)([O-])c1cc(O)ccc1O.Oc1ccc(Oc2ccc(O)cc2)cc1.[K+].[K+]. The maximum absolute atomic E-state index is 13.2. The number of halogens is 4. The van der Waals surface area contributed by atoms with Crippen LogP contribution in [0.2, 0.25) is 0 Å². The van der Waals surface area contributed by atoms with Crippen molar-refractivity contribution in [3.05, 3.63) is 329 Å². The average Bonchev–Trinajstić information content (AvgIpc) is 0.808. The van der Waals surface area contributed by atoms with Crippen LogP contribution < -0.4 is 131 Å². The minimum Gasteiger partial charge on any atom is -0.744 e. The Labute approximate surface area is 692 Å². The van der Waals surface area contributed by atoms with Gasteiger partial charge in [-0.15, -0.1) is 12.8 Å². The molecule has 12 rings (SSSR count). The zero-order valence-electron chi connectivity index (χ0n) is 56.4. The molecule has 0 saturated heterocycles. The number of phenolic OH excluding ortho intramolecular Hbond substituents is 4. The third kappa shape index (κ3) is 26.2. The number of ether oxygens (including phenoxy) is 6. The van der Waals surface area contributed by atoms with Crippen molar-refractivity contribution in [2.45, 2.75) is 16.7 Å². The summed E-state index contributed by atoms with van der Waals surface area (Å²) in [5, 5.41) is 35.8. The number of hydrogen-bond donors (Lipinski definition) is 4. The zero-order chi connectivity index (χ0) is 75.1. The van der Waals surface area contributed by atoms with Crippen LogP contribution in [0.4, 0.5) is 17.6 Å². The van der Waals surface area contributed by atoms with Gasteiger partial charge in [-0.25, -0.2) is 34.4 Å². The van der Waals surface area contributed by atoms with Crippen LogP contribution in [0.3, 0.4) is 0 Å². The Balaban J connectivity index is 0.000000256. The molecule has 0 heterocycles. The molecule has 0 saturated carbocycles.